The molecule has 11 heteroatoms. The number of likely N-dealkylation sites (N-methyl/N-ethyl adjacent to an activating group) is 1. The fourth-order valence-corrected chi connectivity index (χ4v) is 4.66. The van der Waals surface area contributed by atoms with Gasteiger partial charge in [0.05, 0.1) is 6.04 Å². The van der Waals surface area contributed by atoms with E-state index in [0.717, 1.165) is 27.8 Å². The highest BCUT2D eigenvalue weighted by Gasteiger charge is 2.34. The van der Waals surface area contributed by atoms with Gasteiger partial charge < -0.3 is 26.0 Å². The number of pyridine rings is 2. The van der Waals surface area contributed by atoms with Gasteiger partial charge in [0.2, 0.25) is 5.91 Å². The third-order valence-corrected chi connectivity index (χ3v) is 6.75. The first-order chi connectivity index (χ1) is 18.3. The SMILES string of the molecule is CN(C(=O)[C@H]1CCCN1)c1c(N[C@@H](Cc2ccc(Nc3nccc4cnccc34)cc2)C(=O)O)c(=O)c1=O. The summed E-state index contributed by atoms with van der Waals surface area (Å²) in [7, 11) is 1.42. The molecule has 4 N–H and O–H groups in total. The van der Waals surface area contributed by atoms with Crippen LogP contribution in [0.5, 0.6) is 0 Å². The van der Waals surface area contributed by atoms with Crippen molar-refractivity contribution in [1.29, 1.82) is 0 Å². The van der Waals surface area contributed by atoms with Crippen LogP contribution in [0.15, 0.2) is 64.6 Å². The molecule has 2 aromatic carbocycles. The molecule has 1 aliphatic heterocycles. The minimum atomic E-state index is -1.19. The third kappa shape index (κ3) is 4.83. The zero-order valence-electron chi connectivity index (χ0n) is 20.6. The topological polar surface area (TPSA) is 154 Å². The number of carbonyl (C=O) groups is 2. The van der Waals surface area contributed by atoms with Gasteiger partial charge in [0.15, 0.2) is 0 Å². The molecule has 0 unspecified atom stereocenters. The Morgan fingerprint density at radius 2 is 1.92 bits per heavy atom. The van der Waals surface area contributed by atoms with Crippen LogP contribution in [0.2, 0.25) is 0 Å². The minimum absolute atomic E-state index is 0.0495. The molecule has 5 rings (SSSR count). The standard InChI is InChI=1S/C27H26N6O5/c1-33(26(36)19-3-2-10-29-19)22-21(23(34)24(22)35)32-20(27(37)38)13-15-4-6-17(7-5-15)31-25-18-9-11-28-14-16(18)8-12-30-25/h4-9,11-12,14,19-20,29,32H,2-3,10,13H2,1H3,(H,30,31)(H,37,38)/t19-,20+/m1/s1. The second kappa shape index (κ2) is 10.4. The largest absolute Gasteiger partial charge is 0.480 e. The Labute approximate surface area is 217 Å². The number of benzene rings is 1. The van der Waals surface area contributed by atoms with Gasteiger partial charge >= 0.3 is 5.97 Å². The highest BCUT2D eigenvalue weighted by atomic mass is 16.4. The van der Waals surface area contributed by atoms with Crippen LogP contribution in [-0.4, -0.2) is 52.6 Å². The van der Waals surface area contributed by atoms with Crippen molar-refractivity contribution in [3.63, 3.8) is 0 Å². The summed E-state index contributed by atoms with van der Waals surface area (Å²) in [6.07, 6.45) is 6.66. The van der Waals surface area contributed by atoms with Gasteiger partial charge in [-0.05, 0) is 49.2 Å². The molecule has 11 nitrogen and oxygen atoms in total. The molecule has 1 fully saturated rings. The molecule has 1 aliphatic rings. The van der Waals surface area contributed by atoms with Crippen LogP contribution < -0.4 is 31.7 Å². The Balaban J connectivity index is 1.30. The lowest BCUT2D eigenvalue weighted by Gasteiger charge is -2.26. The maximum atomic E-state index is 12.7. The number of aromatic nitrogens is 2. The van der Waals surface area contributed by atoms with Gasteiger partial charge in [-0.25, -0.2) is 9.78 Å². The number of anilines is 4. The molecule has 0 aliphatic carbocycles. The summed E-state index contributed by atoms with van der Waals surface area (Å²) in [5, 5.41) is 20.7. The van der Waals surface area contributed by atoms with Gasteiger partial charge in [0, 0.05) is 48.5 Å². The van der Waals surface area contributed by atoms with Crippen molar-refractivity contribution in [2.24, 2.45) is 0 Å². The summed E-state index contributed by atoms with van der Waals surface area (Å²) in [6, 6.07) is 9.29. The van der Waals surface area contributed by atoms with Crippen LogP contribution >= 0.6 is 0 Å². The summed E-state index contributed by atoms with van der Waals surface area (Å²) in [5.74, 6) is -0.849. The van der Waals surface area contributed by atoms with Gasteiger partial charge in [0.1, 0.15) is 23.2 Å². The number of amides is 1. The molecule has 0 radical (unpaired) electrons. The van der Waals surface area contributed by atoms with E-state index in [9.17, 15) is 24.3 Å². The van der Waals surface area contributed by atoms with E-state index < -0.39 is 28.9 Å². The average molecular weight is 515 g/mol. The molecule has 0 bridgehead atoms. The van der Waals surface area contributed by atoms with E-state index in [1.54, 1.807) is 42.9 Å². The Kier molecular flexibility index (Phi) is 6.84. The van der Waals surface area contributed by atoms with E-state index in [-0.39, 0.29) is 23.7 Å². The number of rotatable bonds is 9. The molecular formula is C27H26N6O5. The van der Waals surface area contributed by atoms with Crippen LogP contribution in [0.1, 0.15) is 18.4 Å². The molecule has 3 heterocycles. The monoisotopic (exact) mass is 514 g/mol. The van der Waals surface area contributed by atoms with E-state index in [1.807, 2.05) is 12.1 Å². The summed E-state index contributed by atoms with van der Waals surface area (Å²) in [6.45, 7) is 0.701. The molecule has 0 spiro atoms. The first-order valence-corrected chi connectivity index (χ1v) is 12.2. The Morgan fingerprint density at radius 1 is 1.13 bits per heavy atom. The maximum absolute atomic E-state index is 12.7. The number of nitrogens with zero attached hydrogens (tertiary/aromatic N) is 3. The van der Waals surface area contributed by atoms with Crippen LogP contribution in [0.3, 0.4) is 0 Å². The molecule has 1 amide bonds. The Morgan fingerprint density at radius 3 is 2.63 bits per heavy atom. The zero-order valence-corrected chi connectivity index (χ0v) is 20.6. The maximum Gasteiger partial charge on any atom is 0.326 e. The fourth-order valence-electron chi connectivity index (χ4n) is 4.66. The lowest BCUT2D eigenvalue weighted by Crippen LogP contribution is -2.49. The molecule has 1 saturated heterocycles. The molecule has 2 atom stereocenters. The van der Waals surface area contributed by atoms with E-state index >= 15 is 0 Å². The highest BCUT2D eigenvalue weighted by Crippen LogP contribution is 2.25. The number of fused-ring (bicyclic) bond motifs is 1. The molecule has 38 heavy (non-hydrogen) atoms. The average Bonchev–Trinajstić information content (AvgIpc) is 3.47. The summed E-state index contributed by atoms with van der Waals surface area (Å²) in [4.78, 5) is 59.0. The van der Waals surface area contributed by atoms with Crippen LogP contribution in [0.25, 0.3) is 10.8 Å². The van der Waals surface area contributed by atoms with E-state index in [0.29, 0.717) is 24.3 Å². The van der Waals surface area contributed by atoms with E-state index in [2.05, 4.69) is 25.9 Å². The predicted molar refractivity (Wildman–Crippen MR) is 144 cm³/mol. The number of nitrogens with one attached hydrogen (secondary N) is 3. The lowest BCUT2D eigenvalue weighted by molar-refractivity contribution is -0.137. The van der Waals surface area contributed by atoms with Crippen molar-refractivity contribution >= 4 is 45.5 Å². The lowest BCUT2D eigenvalue weighted by atomic mass is 10.0. The van der Waals surface area contributed by atoms with Crippen molar-refractivity contribution in [3.05, 3.63) is 81.0 Å². The minimum Gasteiger partial charge on any atom is -0.480 e. The van der Waals surface area contributed by atoms with Crippen molar-refractivity contribution in [1.82, 2.24) is 15.3 Å². The number of aliphatic carboxylic acids is 1. The first-order valence-electron chi connectivity index (χ1n) is 12.2. The van der Waals surface area contributed by atoms with Gasteiger partial charge in [-0.15, -0.1) is 0 Å². The van der Waals surface area contributed by atoms with E-state index in [1.165, 1.54) is 7.05 Å². The molecule has 2 aromatic heterocycles. The van der Waals surface area contributed by atoms with Crippen molar-refractivity contribution in [3.8, 4) is 0 Å². The molecule has 4 aromatic rings. The smallest absolute Gasteiger partial charge is 0.326 e. The van der Waals surface area contributed by atoms with Gasteiger partial charge in [-0.2, -0.15) is 0 Å². The van der Waals surface area contributed by atoms with E-state index in [4.69, 9.17) is 0 Å². The predicted octanol–water partition coefficient (Wildman–Crippen LogP) is 1.79. The summed E-state index contributed by atoms with van der Waals surface area (Å²) >= 11 is 0. The number of hydrogen-bond acceptors (Lipinski definition) is 9. The number of carboxylic acids is 1. The summed E-state index contributed by atoms with van der Waals surface area (Å²) < 4.78 is 0. The molecule has 0 saturated carbocycles. The molecule has 194 valence electrons. The third-order valence-electron chi connectivity index (χ3n) is 6.75. The fraction of sp³-hybridized carbons (Fsp3) is 0.259. The van der Waals surface area contributed by atoms with Crippen molar-refractivity contribution in [2.75, 3.05) is 29.1 Å². The highest BCUT2D eigenvalue weighted by molar-refractivity contribution is 6.01. The molecular weight excluding hydrogens is 488 g/mol. The van der Waals surface area contributed by atoms with Gasteiger partial charge in [-0.1, -0.05) is 12.1 Å². The normalized spacial score (nSPS) is 15.9. The Bertz CT molecular complexity index is 1570. The number of carbonyl (C=O) groups excluding carboxylic acids is 1. The Hall–Kier alpha value is -4.64. The van der Waals surface area contributed by atoms with Gasteiger partial charge in [0.25, 0.3) is 10.9 Å². The number of carboxylic acid groups (broad SMARTS) is 1. The van der Waals surface area contributed by atoms with Crippen LogP contribution in [0, 0.1) is 0 Å². The van der Waals surface area contributed by atoms with Crippen LogP contribution in [0.4, 0.5) is 22.9 Å². The van der Waals surface area contributed by atoms with Crippen LogP contribution in [-0.2, 0) is 16.0 Å². The summed E-state index contributed by atoms with van der Waals surface area (Å²) in [5.41, 5.74) is -0.425. The van der Waals surface area contributed by atoms with Gasteiger partial charge in [-0.3, -0.25) is 19.4 Å². The zero-order chi connectivity index (χ0) is 26.8. The second-order valence-corrected chi connectivity index (χ2v) is 9.25. The second-order valence-electron chi connectivity index (χ2n) is 9.25. The quantitative estimate of drug-likeness (QED) is 0.243. The van der Waals surface area contributed by atoms with Crippen molar-refractivity contribution < 1.29 is 14.7 Å². The van der Waals surface area contributed by atoms with Crippen molar-refractivity contribution in [2.45, 2.75) is 31.3 Å². The first kappa shape index (κ1) is 25.0. The number of hydrogen-bond donors (Lipinski definition) is 4.